The van der Waals surface area contributed by atoms with Gasteiger partial charge in [0.2, 0.25) is 0 Å². The zero-order valence-corrected chi connectivity index (χ0v) is 17.6. The summed E-state index contributed by atoms with van der Waals surface area (Å²) in [6.45, 7) is 13.9. The van der Waals surface area contributed by atoms with Crippen LogP contribution in [0.25, 0.3) is 0 Å². The predicted molar refractivity (Wildman–Crippen MR) is 107 cm³/mol. The number of hydrogen-bond acceptors (Lipinski definition) is 1. The molecule has 1 heteroatoms. The van der Waals surface area contributed by atoms with E-state index in [1.165, 1.54) is 57.8 Å². The van der Waals surface area contributed by atoms with E-state index < -0.39 is 0 Å². The normalized spacial score (nSPS) is 56.6. The first-order valence-corrected chi connectivity index (χ1v) is 11.5. The molecule has 4 aliphatic rings. The van der Waals surface area contributed by atoms with Crippen molar-refractivity contribution in [2.45, 2.75) is 92.4 Å². The molecular weight excluding hydrogens is 302 g/mol. The van der Waals surface area contributed by atoms with Crippen molar-refractivity contribution in [3.63, 3.8) is 0 Å². The lowest BCUT2D eigenvalue weighted by molar-refractivity contribution is -0.194. The van der Waals surface area contributed by atoms with Crippen molar-refractivity contribution >= 4 is 0 Å². The third-order valence-corrected chi connectivity index (χ3v) is 10.9. The van der Waals surface area contributed by atoms with E-state index in [-0.39, 0.29) is 0 Å². The van der Waals surface area contributed by atoms with E-state index in [9.17, 15) is 0 Å². The monoisotopic (exact) mass is 345 g/mol. The molecule has 0 bridgehead atoms. The number of nitrogens with two attached hydrogens (primary N) is 1. The SMILES string of the molecule is CC(CN)C1C(C)CCC2(C)C1CCC1C3CCCC3(C)CCC12C. The summed E-state index contributed by atoms with van der Waals surface area (Å²) in [7, 11) is 0. The predicted octanol–water partition coefficient (Wildman–Crippen LogP) is 6.27. The maximum Gasteiger partial charge on any atom is -0.00486 e. The van der Waals surface area contributed by atoms with Gasteiger partial charge in [0.05, 0.1) is 0 Å². The number of fused-ring (bicyclic) bond motifs is 5. The molecule has 0 aromatic heterocycles. The van der Waals surface area contributed by atoms with E-state index in [0.29, 0.717) is 22.2 Å². The zero-order chi connectivity index (χ0) is 18.0. The highest BCUT2D eigenvalue weighted by atomic mass is 14.7. The summed E-state index contributed by atoms with van der Waals surface area (Å²) in [5, 5.41) is 0. The highest BCUT2D eigenvalue weighted by Crippen LogP contribution is 2.73. The fourth-order valence-corrected chi connectivity index (χ4v) is 9.08. The standard InChI is InChI=1S/C24H43N/c1-16-10-12-23(4)20(21(16)17(2)15-25)9-8-19-18-7-6-11-22(18,3)13-14-24(19,23)5/h16-21H,6-15,25H2,1-5H3. The lowest BCUT2D eigenvalue weighted by atomic mass is 9.36. The van der Waals surface area contributed by atoms with E-state index in [4.69, 9.17) is 5.73 Å². The van der Waals surface area contributed by atoms with Crippen LogP contribution in [0.3, 0.4) is 0 Å². The van der Waals surface area contributed by atoms with Crippen molar-refractivity contribution in [3.8, 4) is 0 Å². The van der Waals surface area contributed by atoms with Crippen LogP contribution in [0, 0.1) is 51.8 Å². The van der Waals surface area contributed by atoms with Gasteiger partial charge in [-0.2, -0.15) is 0 Å². The van der Waals surface area contributed by atoms with Gasteiger partial charge in [0, 0.05) is 0 Å². The Bertz CT molecular complexity index is 510. The third kappa shape index (κ3) is 2.36. The summed E-state index contributed by atoms with van der Waals surface area (Å²) < 4.78 is 0. The zero-order valence-electron chi connectivity index (χ0n) is 17.6. The van der Waals surface area contributed by atoms with Crippen LogP contribution in [0.1, 0.15) is 92.4 Å². The quantitative estimate of drug-likeness (QED) is 0.627. The van der Waals surface area contributed by atoms with Crippen molar-refractivity contribution < 1.29 is 0 Å². The van der Waals surface area contributed by atoms with Crippen LogP contribution in [0.2, 0.25) is 0 Å². The molecule has 144 valence electrons. The Morgan fingerprint density at radius 1 is 0.840 bits per heavy atom. The van der Waals surface area contributed by atoms with Crippen LogP contribution in [0.4, 0.5) is 0 Å². The topological polar surface area (TPSA) is 26.0 Å². The molecule has 0 spiro atoms. The van der Waals surface area contributed by atoms with Crippen LogP contribution < -0.4 is 5.73 Å². The molecule has 4 fully saturated rings. The minimum atomic E-state index is 0.556. The molecule has 0 aliphatic heterocycles. The Morgan fingerprint density at radius 2 is 1.52 bits per heavy atom. The maximum absolute atomic E-state index is 6.18. The van der Waals surface area contributed by atoms with Crippen LogP contribution in [0.15, 0.2) is 0 Å². The lowest BCUT2D eigenvalue weighted by Gasteiger charge is -2.68. The van der Waals surface area contributed by atoms with Crippen LogP contribution >= 0.6 is 0 Å². The molecule has 0 heterocycles. The van der Waals surface area contributed by atoms with Crippen molar-refractivity contribution in [3.05, 3.63) is 0 Å². The van der Waals surface area contributed by atoms with Crippen LogP contribution in [-0.4, -0.2) is 6.54 Å². The summed E-state index contributed by atoms with van der Waals surface area (Å²) in [5.74, 6) is 5.36. The van der Waals surface area contributed by atoms with Gasteiger partial charge < -0.3 is 5.73 Å². The third-order valence-electron chi connectivity index (χ3n) is 10.9. The smallest absolute Gasteiger partial charge is 0.00486 e. The molecule has 4 saturated carbocycles. The minimum Gasteiger partial charge on any atom is -0.330 e. The van der Waals surface area contributed by atoms with Crippen molar-refractivity contribution in [2.75, 3.05) is 6.54 Å². The van der Waals surface area contributed by atoms with E-state index in [1.807, 2.05) is 0 Å². The molecular formula is C24H43N. The first kappa shape index (κ1) is 18.3. The van der Waals surface area contributed by atoms with Gasteiger partial charge in [-0.25, -0.2) is 0 Å². The second-order valence-electron chi connectivity index (χ2n) is 11.6. The van der Waals surface area contributed by atoms with E-state index in [1.54, 1.807) is 0 Å². The Hall–Kier alpha value is -0.0400. The highest BCUT2D eigenvalue weighted by Gasteiger charge is 2.65. The van der Waals surface area contributed by atoms with E-state index >= 15 is 0 Å². The van der Waals surface area contributed by atoms with Crippen molar-refractivity contribution in [1.82, 2.24) is 0 Å². The van der Waals surface area contributed by atoms with Crippen LogP contribution in [-0.2, 0) is 0 Å². The highest BCUT2D eigenvalue weighted by molar-refractivity contribution is 5.14. The Kier molecular flexibility index (Phi) is 4.38. The molecule has 0 aromatic rings. The van der Waals surface area contributed by atoms with Crippen molar-refractivity contribution in [2.24, 2.45) is 57.5 Å². The molecule has 2 N–H and O–H groups in total. The largest absolute Gasteiger partial charge is 0.330 e. The van der Waals surface area contributed by atoms with Gasteiger partial charge in [-0.05, 0) is 110 Å². The van der Waals surface area contributed by atoms with Gasteiger partial charge in [0.1, 0.15) is 0 Å². The molecule has 4 aliphatic carbocycles. The second kappa shape index (κ2) is 5.98. The van der Waals surface area contributed by atoms with Gasteiger partial charge in [-0.3, -0.25) is 0 Å². The molecule has 25 heavy (non-hydrogen) atoms. The van der Waals surface area contributed by atoms with Gasteiger partial charge >= 0.3 is 0 Å². The molecule has 0 saturated heterocycles. The van der Waals surface area contributed by atoms with E-state index in [0.717, 1.165) is 36.1 Å². The van der Waals surface area contributed by atoms with Gasteiger partial charge in [0.25, 0.3) is 0 Å². The van der Waals surface area contributed by atoms with E-state index in [2.05, 4.69) is 34.6 Å². The molecule has 0 radical (unpaired) electrons. The first-order valence-electron chi connectivity index (χ1n) is 11.5. The lowest BCUT2D eigenvalue weighted by Crippen LogP contribution is -2.61. The summed E-state index contributed by atoms with van der Waals surface area (Å²) in [5.41, 5.74) is 8.00. The van der Waals surface area contributed by atoms with Crippen LogP contribution in [0.5, 0.6) is 0 Å². The molecule has 9 atom stereocenters. The summed E-state index contributed by atoms with van der Waals surface area (Å²) in [6.07, 6.45) is 13.4. The van der Waals surface area contributed by atoms with Gasteiger partial charge in [0.15, 0.2) is 0 Å². The molecule has 0 amide bonds. The molecule has 0 aromatic carbocycles. The van der Waals surface area contributed by atoms with Gasteiger partial charge in [-0.1, -0.05) is 41.0 Å². The fourth-order valence-electron chi connectivity index (χ4n) is 9.08. The maximum atomic E-state index is 6.18. The van der Waals surface area contributed by atoms with Crippen molar-refractivity contribution in [1.29, 1.82) is 0 Å². The minimum absolute atomic E-state index is 0.556. The molecule has 9 unspecified atom stereocenters. The first-order chi connectivity index (χ1) is 11.8. The Labute approximate surface area is 156 Å². The number of rotatable bonds is 2. The number of hydrogen-bond donors (Lipinski definition) is 1. The van der Waals surface area contributed by atoms with Gasteiger partial charge in [-0.15, -0.1) is 0 Å². The summed E-state index contributed by atoms with van der Waals surface area (Å²) in [6, 6.07) is 0. The Balaban J connectivity index is 1.70. The fraction of sp³-hybridized carbons (Fsp3) is 1.00. The summed E-state index contributed by atoms with van der Waals surface area (Å²) in [4.78, 5) is 0. The Morgan fingerprint density at radius 3 is 2.24 bits per heavy atom. The summed E-state index contributed by atoms with van der Waals surface area (Å²) >= 11 is 0. The molecule has 1 nitrogen and oxygen atoms in total. The second-order valence-corrected chi connectivity index (χ2v) is 11.6. The average molecular weight is 346 g/mol. The average Bonchev–Trinajstić information content (AvgIpc) is 2.98. The molecule has 4 rings (SSSR count).